The molecule has 3 aliphatic carbocycles. The molecular formula is C19H28F2N4O2. The van der Waals surface area contributed by atoms with Crippen molar-refractivity contribution >= 4 is 11.8 Å². The minimum atomic E-state index is -1.30. The van der Waals surface area contributed by atoms with Gasteiger partial charge in [-0.05, 0) is 44.9 Å². The second kappa shape index (κ2) is 7.70. The Labute approximate surface area is 158 Å². The summed E-state index contributed by atoms with van der Waals surface area (Å²) in [4.78, 5) is 26.3. The van der Waals surface area contributed by atoms with Gasteiger partial charge in [0.05, 0.1) is 19.2 Å². The quantitative estimate of drug-likeness (QED) is 0.688. The van der Waals surface area contributed by atoms with Crippen molar-refractivity contribution in [2.24, 2.45) is 5.41 Å². The van der Waals surface area contributed by atoms with Crippen LogP contribution in [0.1, 0.15) is 58.3 Å². The van der Waals surface area contributed by atoms with Crippen LogP contribution in [0.15, 0.2) is 0 Å². The van der Waals surface area contributed by atoms with Gasteiger partial charge in [0.2, 0.25) is 11.8 Å². The Hall–Kier alpha value is -1.75. The molecule has 2 N–H and O–H groups in total. The van der Waals surface area contributed by atoms with Crippen LogP contribution in [0.25, 0.3) is 0 Å². The lowest BCUT2D eigenvalue weighted by Crippen LogP contribution is -2.60. The highest BCUT2D eigenvalue weighted by Crippen LogP contribution is 2.52. The monoisotopic (exact) mass is 382 g/mol. The van der Waals surface area contributed by atoms with Crippen molar-refractivity contribution in [1.29, 1.82) is 5.26 Å². The van der Waals surface area contributed by atoms with Crippen molar-refractivity contribution < 1.29 is 18.4 Å². The fourth-order valence-corrected chi connectivity index (χ4v) is 4.74. The van der Waals surface area contributed by atoms with Gasteiger partial charge in [-0.25, -0.2) is 8.78 Å². The number of carbonyl (C=O) groups excluding carboxylic acids is 2. The normalized spacial score (nSPS) is 36.3. The van der Waals surface area contributed by atoms with E-state index in [2.05, 4.69) is 10.6 Å². The maximum Gasteiger partial charge on any atom is 0.237 e. The summed E-state index contributed by atoms with van der Waals surface area (Å²) in [6.45, 7) is 1.75. The first kappa shape index (κ1) is 20.0. The van der Waals surface area contributed by atoms with E-state index in [0.29, 0.717) is 19.3 Å². The molecule has 1 heterocycles. The number of likely N-dealkylation sites (tertiary alicyclic amines) is 1. The summed E-state index contributed by atoms with van der Waals surface area (Å²) in [6, 6.07) is 1.31. The number of carbonyl (C=O) groups is 2. The molecule has 4 fully saturated rings. The number of alkyl halides is 2. The molecule has 27 heavy (non-hydrogen) atoms. The van der Waals surface area contributed by atoms with Crippen LogP contribution in [-0.2, 0) is 9.59 Å². The van der Waals surface area contributed by atoms with Crippen LogP contribution in [0.3, 0.4) is 0 Å². The Kier molecular flexibility index (Phi) is 5.71. The predicted octanol–water partition coefficient (Wildman–Crippen LogP) is 1.95. The van der Waals surface area contributed by atoms with Crippen molar-refractivity contribution in [2.75, 3.05) is 13.1 Å². The zero-order chi connectivity index (χ0) is 19.7. The lowest BCUT2D eigenvalue weighted by Gasteiger charge is -2.53. The third kappa shape index (κ3) is 3.93. The largest absolute Gasteiger partial charge is 0.326 e. The molecule has 4 aliphatic rings. The van der Waals surface area contributed by atoms with E-state index < -0.39 is 23.9 Å². The van der Waals surface area contributed by atoms with Gasteiger partial charge in [0.1, 0.15) is 12.2 Å². The standard InChI is InChI=1S/C19H28F2N4O2/c1-2-15(21)24-17(27)18-3-6-19(7-4-18,8-5-18)23-11-16(26)25-12-13(20)9-14(25)10-22/h13-15,23H,2-9,11-12H2,1H3,(H,24,27). The number of rotatable bonds is 6. The molecule has 2 bridgehead atoms. The minimum Gasteiger partial charge on any atom is -0.326 e. The van der Waals surface area contributed by atoms with Crippen LogP contribution >= 0.6 is 0 Å². The number of nitrogens with zero attached hydrogens (tertiary/aromatic N) is 2. The van der Waals surface area contributed by atoms with E-state index in [-0.39, 0.29) is 43.3 Å². The van der Waals surface area contributed by atoms with Crippen LogP contribution in [0, 0.1) is 16.7 Å². The van der Waals surface area contributed by atoms with E-state index in [0.717, 1.165) is 19.3 Å². The molecule has 6 nitrogen and oxygen atoms in total. The Balaban J connectivity index is 1.53. The van der Waals surface area contributed by atoms with Crippen molar-refractivity contribution in [1.82, 2.24) is 15.5 Å². The summed E-state index contributed by atoms with van der Waals surface area (Å²) in [5.74, 6) is -0.441. The number of hydrogen-bond donors (Lipinski definition) is 2. The van der Waals surface area contributed by atoms with Crippen molar-refractivity contribution in [3.63, 3.8) is 0 Å². The number of fused-ring (bicyclic) bond motifs is 3. The zero-order valence-electron chi connectivity index (χ0n) is 15.8. The molecule has 0 aromatic heterocycles. The molecule has 1 saturated heterocycles. The van der Waals surface area contributed by atoms with Crippen LogP contribution in [0.4, 0.5) is 8.78 Å². The lowest BCUT2D eigenvalue weighted by molar-refractivity contribution is -0.141. The van der Waals surface area contributed by atoms with Crippen molar-refractivity contribution in [3.8, 4) is 6.07 Å². The Morgan fingerprint density at radius 1 is 1.26 bits per heavy atom. The molecule has 0 aromatic carbocycles. The van der Waals surface area contributed by atoms with Gasteiger partial charge in [-0.15, -0.1) is 0 Å². The van der Waals surface area contributed by atoms with E-state index in [4.69, 9.17) is 5.26 Å². The highest BCUT2D eigenvalue weighted by Gasteiger charge is 2.52. The molecule has 2 amide bonds. The van der Waals surface area contributed by atoms with Gasteiger partial charge in [-0.2, -0.15) is 5.26 Å². The van der Waals surface area contributed by atoms with Crippen LogP contribution in [0.2, 0.25) is 0 Å². The molecule has 8 heteroatoms. The van der Waals surface area contributed by atoms with Crippen LogP contribution in [0.5, 0.6) is 0 Å². The average molecular weight is 382 g/mol. The zero-order valence-corrected chi connectivity index (χ0v) is 15.8. The highest BCUT2D eigenvalue weighted by molar-refractivity contribution is 5.83. The van der Waals surface area contributed by atoms with E-state index in [1.54, 1.807) is 6.92 Å². The molecule has 150 valence electrons. The SMILES string of the molecule is CCC(F)NC(=O)C12CCC(NCC(=O)N3CC(F)CC3C#N)(CC1)CC2. The molecular weight excluding hydrogens is 354 g/mol. The molecule has 1 aliphatic heterocycles. The van der Waals surface area contributed by atoms with Gasteiger partial charge < -0.3 is 15.5 Å². The first-order valence-corrected chi connectivity index (χ1v) is 9.86. The second-order valence-corrected chi connectivity index (χ2v) is 8.29. The lowest BCUT2D eigenvalue weighted by atomic mass is 9.57. The molecule has 3 atom stereocenters. The van der Waals surface area contributed by atoms with Gasteiger partial charge >= 0.3 is 0 Å². The maximum atomic E-state index is 13.5. The summed E-state index contributed by atoms with van der Waals surface area (Å²) in [5.41, 5.74) is -0.691. The van der Waals surface area contributed by atoms with E-state index in [9.17, 15) is 18.4 Å². The van der Waals surface area contributed by atoms with Gasteiger partial charge in [-0.1, -0.05) is 6.92 Å². The maximum absolute atomic E-state index is 13.5. The number of nitrogens with one attached hydrogen (secondary N) is 2. The molecule has 3 unspecified atom stereocenters. The summed E-state index contributed by atoms with van der Waals surface area (Å²) >= 11 is 0. The minimum absolute atomic E-state index is 0.0170. The van der Waals surface area contributed by atoms with E-state index >= 15 is 0 Å². The molecule has 0 radical (unpaired) electrons. The second-order valence-electron chi connectivity index (χ2n) is 8.29. The summed E-state index contributed by atoms with van der Waals surface area (Å²) < 4.78 is 27.1. The van der Waals surface area contributed by atoms with Crippen molar-refractivity contribution in [3.05, 3.63) is 0 Å². The first-order valence-electron chi connectivity index (χ1n) is 9.86. The fraction of sp³-hybridized carbons (Fsp3) is 0.842. The predicted molar refractivity (Wildman–Crippen MR) is 94.8 cm³/mol. The third-order valence-electron chi connectivity index (χ3n) is 6.71. The van der Waals surface area contributed by atoms with E-state index in [1.807, 2.05) is 6.07 Å². The number of hydrogen-bond acceptors (Lipinski definition) is 4. The van der Waals surface area contributed by atoms with E-state index in [1.165, 1.54) is 4.90 Å². The highest BCUT2D eigenvalue weighted by atomic mass is 19.1. The number of nitriles is 1. The Morgan fingerprint density at radius 3 is 2.44 bits per heavy atom. The smallest absolute Gasteiger partial charge is 0.237 e. The average Bonchev–Trinajstić information content (AvgIpc) is 3.08. The molecule has 0 spiro atoms. The fourth-order valence-electron chi connectivity index (χ4n) is 4.74. The summed E-state index contributed by atoms with van der Waals surface area (Å²) in [5, 5.41) is 14.9. The van der Waals surface area contributed by atoms with Crippen molar-refractivity contribution in [2.45, 2.75) is 82.3 Å². The van der Waals surface area contributed by atoms with Crippen LogP contribution < -0.4 is 10.6 Å². The molecule has 4 rings (SSSR count). The van der Waals surface area contributed by atoms with Crippen LogP contribution in [-0.4, -0.2) is 53.9 Å². The third-order valence-corrected chi connectivity index (χ3v) is 6.71. The first-order chi connectivity index (χ1) is 12.8. The summed E-state index contributed by atoms with van der Waals surface area (Å²) in [6.07, 6.45) is 2.19. The number of amides is 2. The Morgan fingerprint density at radius 2 is 1.89 bits per heavy atom. The molecule has 0 aromatic rings. The summed E-state index contributed by atoms with van der Waals surface area (Å²) in [7, 11) is 0. The topological polar surface area (TPSA) is 85.2 Å². The van der Waals surface area contributed by atoms with Gasteiger partial charge in [0.15, 0.2) is 6.30 Å². The molecule has 3 saturated carbocycles. The van der Waals surface area contributed by atoms with Gasteiger partial charge in [0, 0.05) is 17.4 Å². The van der Waals surface area contributed by atoms with Gasteiger partial charge in [0.25, 0.3) is 0 Å². The number of halogens is 2. The Bertz CT molecular complexity index is 611. The van der Waals surface area contributed by atoms with Gasteiger partial charge in [-0.3, -0.25) is 9.59 Å².